The van der Waals surface area contributed by atoms with Crippen molar-refractivity contribution in [3.05, 3.63) is 30.1 Å². The molecule has 1 aromatic rings. The van der Waals surface area contributed by atoms with Gasteiger partial charge in [-0.25, -0.2) is 0 Å². The number of ether oxygens (including phenoxy) is 1. The van der Waals surface area contributed by atoms with Gasteiger partial charge in [-0.2, -0.15) is 0 Å². The smallest absolute Gasteiger partial charge is 0.0580 e. The highest BCUT2D eigenvalue weighted by Crippen LogP contribution is 2.33. The molecule has 3 N–H and O–H groups in total. The molecule has 4 heteroatoms. The summed E-state index contributed by atoms with van der Waals surface area (Å²) in [6.07, 6.45) is 6.66. The minimum Gasteiger partial charge on any atom is -0.378 e. The Morgan fingerprint density at radius 1 is 1.50 bits per heavy atom. The molecule has 0 spiro atoms. The Kier molecular flexibility index (Phi) is 5.11. The van der Waals surface area contributed by atoms with E-state index in [0.29, 0.717) is 12.1 Å². The molecular formula is C14H23N3O. The number of nitrogens with one attached hydrogen (secondary N) is 1. The van der Waals surface area contributed by atoms with Crippen molar-refractivity contribution in [1.82, 2.24) is 10.4 Å². The van der Waals surface area contributed by atoms with Gasteiger partial charge in [-0.1, -0.05) is 6.07 Å². The summed E-state index contributed by atoms with van der Waals surface area (Å²) in [7, 11) is 0. The molecule has 0 amide bonds. The van der Waals surface area contributed by atoms with Crippen molar-refractivity contribution in [2.75, 3.05) is 6.61 Å². The molecule has 2 rings (SSSR count). The molecule has 4 nitrogen and oxygen atoms in total. The van der Waals surface area contributed by atoms with Crippen LogP contribution in [0.25, 0.3) is 0 Å². The predicted molar refractivity (Wildman–Crippen MR) is 71.8 cm³/mol. The minimum absolute atomic E-state index is 0.312. The summed E-state index contributed by atoms with van der Waals surface area (Å²) >= 11 is 0. The SMILES string of the molecule is CCOC1CC(CC(Cc2ccccn2)NN)C1. The Balaban J connectivity index is 1.74. The zero-order valence-electron chi connectivity index (χ0n) is 11.0. The van der Waals surface area contributed by atoms with E-state index in [1.165, 1.54) is 12.8 Å². The molecule has 0 aromatic carbocycles. The Labute approximate surface area is 109 Å². The molecule has 0 radical (unpaired) electrons. The Morgan fingerprint density at radius 3 is 2.94 bits per heavy atom. The van der Waals surface area contributed by atoms with Crippen LogP contribution in [0.3, 0.4) is 0 Å². The first-order valence-corrected chi connectivity index (χ1v) is 6.79. The maximum Gasteiger partial charge on any atom is 0.0580 e. The van der Waals surface area contributed by atoms with Gasteiger partial charge in [0.15, 0.2) is 0 Å². The van der Waals surface area contributed by atoms with Crippen molar-refractivity contribution >= 4 is 0 Å². The lowest BCUT2D eigenvalue weighted by atomic mass is 9.77. The quantitative estimate of drug-likeness (QED) is 0.570. The van der Waals surface area contributed by atoms with Gasteiger partial charge in [0.2, 0.25) is 0 Å². The second kappa shape index (κ2) is 6.83. The molecule has 1 unspecified atom stereocenters. The first kappa shape index (κ1) is 13.5. The monoisotopic (exact) mass is 249 g/mol. The van der Waals surface area contributed by atoms with E-state index < -0.39 is 0 Å². The van der Waals surface area contributed by atoms with Crippen LogP contribution in [0.15, 0.2) is 24.4 Å². The van der Waals surface area contributed by atoms with Gasteiger partial charge >= 0.3 is 0 Å². The highest BCUT2D eigenvalue weighted by Gasteiger charge is 2.31. The largest absolute Gasteiger partial charge is 0.378 e. The second-order valence-corrected chi connectivity index (χ2v) is 5.04. The lowest BCUT2D eigenvalue weighted by Gasteiger charge is -2.36. The van der Waals surface area contributed by atoms with Crippen LogP contribution >= 0.6 is 0 Å². The van der Waals surface area contributed by atoms with E-state index in [-0.39, 0.29) is 0 Å². The predicted octanol–water partition coefficient (Wildman–Crippen LogP) is 1.66. The first-order valence-electron chi connectivity index (χ1n) is 6.79. The highest BCUT2D eigenvalue weighted by atomic mass is 16.5. The fourth-order valence-corrected chi connectivity index (χ4v) is 2.62. The Hall–Kier alpha value is -0.970. The number of hydrogen-bond donors (Lipinski definition) is 2. The summed E-state index contributed by atoms with van der Waals surface area (Å²) < 4.78 is 5.58. The number of pyridine rings is 1. The Morgan fingerprint density at radius 2 is 2.33 bits per heavy atom. The van der Waals surface area contributed by atoms with E-state index in [1.54, 1.807) is 0 Å². The number of rotatable bonds is 7. The molecule has 1 aromatic heterocycles. The van der Waals surface area contributed by atoms with Gasteiger partial charge in [-0.3, -0.25) is 16.3 Å². The van der Waals surface area contributed by atoms with Crippen LogP contribution in [-0.2, 0) is 11.2 Å². The molecule has 0 aliphatic heterocycles. The lowest BCUT2D eigenvalue weighted by Crippen LogP contribution is -2.42. The molecule has 0 bridgehead atoms. The molecule has 1 atom stereocenters. The summed E-state index contributed by atoms with van der Waals surface area (Å²) in [5, 5.41) is 0. The normalized spacial score (nSPS) is 24.6. The van der Waals surface area contributed by atoms with Crippen molar-refractivity contribution in [2.24, 2.45) is 11.8 Å². The van der Waals surface area contributed by atoms with Crippen molar-refractivity contribution in [3.63, 3.8) is 0 Å². The van der Waals surface area contributed by atoms with Gasteiger partial charge in [-0.15, -0.1) is 0 Å². The van der Waals surface area contributed by atoms with Crippen LogP contribution in [-0.4, -0.2) is 23.7 Å². The van der Waals surface area contributed by atoms with Crippen LogP contribution in [0.5, 0.6) is 0 Å². The average molecular weight is 249 g/mol. The Bertz CT molecular complexity index is 338. The molecule has 18 heavy (non-hydrogen) atoms. The van der Waals surface area contributed by atoms with Crippen molar-refractivity contribution < 1.29 is 4.74 Å². The third-order valence-electron chi connectivity index (χ3n) is 3.63. The second-order valence-electron chi connectivity index (χ2n) is 5.04. The number of aromatic nitrogens is 1. The van der Waals surface area contributed by atoms with E-state index >= 15 is 0 Å². The molecule has 100 valence electrons. The van der Waals surface area contributed by atoms with Crippen LogP contribution in [0.2, 0.25) is 0 Å². The molecule has 1 fully saturated rings. The highest BCUT2D eigenvalue weighted by molar-refractivity contribution is 5.05. The maximum absolute atomic E-state index is 5.63. The summed E-state index contributed by atoms with van der Waals surface area (Å²) in [5.41, 5.74) is 4.01. The summed E-state index contributed by atoms with van der Waals surface area (Å²) in [6.45, 7) is 2.88. The fraction of sp³-hybridized carbons (Fsp3) is 0.643. The van der Waals surface area contributed by atoms with E-state index in [1.807, 2.05) is 24.4 Å². The summed E-state index contributed by atoms with van der Waals surface area (Å²) in [5.74, 6) is 6.37. The van der Waals surface area contributed by atoms with E-state index in [0.717, 1.165) is 31.1 Å². The van der Waals surface area contributed by atoms with Crippen molar-refractivity contribution in [1.29, 1.82) is 0 Å². The molecule has 1 saturated carbocycles. The first-order chi connectivity index (χ1) is 8.81. The zero-order chi connectivity index (χ0) is 12.8. The third kappa shape index (κ3) is 3.77. The average Bonchev–Trinajstić information content (AvgIpc) is 2.36. The molecule has 1 heterocycles. The van der Waals surface area contributed by atoms with Crippen LogP contribution < -0.4 is 11.3 Å². The van der Waals surface area contributed by atoms with E-state index in [2.05, 4.69) is 17.3 Å². The number of nitrogens with two attached hydrogens (primary N) is 1. The van der Waals surface area contributed by atoms with Gasteiger partial charge in [0.1, 0.15) is 0 Å². The van der Waals surface area contributed by atoms with E-state index in [9.17, 15) is 0 Å². The summed E-state index contributed by atoms with van der Waals surface area (Å²) in [6, 6.07) is 6.32. The van der Waals surface area contributed by atoms with Crippen molar-refractivity contribution in [2.45, 2.75) is 44.8 Å². The van der Waals surface area contributed by atoms with Crippen LogP contribution in [0.4, 0.5) is 0 Å². The molecule has 1 aliphatic carbocycles. The molecular weight excluding hydrogens is 226 g/mol. The van der Waals surface area contributed by atoms with Gasteiger partial charge in [0.25, 0.3) is 0 Å². The van der Waals surface area contributed by atoms with E-state index in [4.69, 9.17) is 10.6 Å². The zero-order valence-corrected chi connectivity index (χ0v) is 11.0. The van der Waals surface area contributed by atoms with Crippen LogP contribution in [0, 0.1) is 5.92 Å². The number of hydrazine groups is 1. The maximum atomic E-state index is 5.63. The topological polar surface area (TPSA) is 60.2 Å². The van der Waals surface area contributed by atoms with Crippen LogP contribution in [0.1, 0.15) is 31.9 Å². The van der Waals surface area contributed by atoms with Gasteiger partial charge in [0.05, 0.1) is 6.10 Å². The number of hydrogen-bond acceptors (Lipinski definition) is 4. The van der Waals surface area contributed by atoms with Gasteiger partial charge < -0.3 is 4.74 Å². The summed E-state index contributed by atoms with van der Waals surface area (Å²) in [4.78, 5) is 4.34. The van der Waals surface area contributed by atoms with Gasteiger partial charge in [0, 0.05) is 31.0 Å². The minimum atomic E-state index is 0.312. The van der Waals surface area contributed by atoms with Crippen molar-refractivity contribution in [3.8, 4) is 0 Å². The van der Waals surface area contributed by atoms with Gasteiger partial charge in [-0.05, 0) is 44.2 Å². The molecule has 0 saturated heterocycles. The third-order valence-corrected chi connectivity index (χ3v) is 3.63. The standard InChI is InChI=1S/C14H23N3O/c1-2-18-14-8-11(9-14)7-13(17-15)10-12-5-3-4-6-16-12/h3-6,11,13-14,17H,2,7-10,15H2,1H3. The number of nitrogens with zero attached hydrogens (tertiary/aromatic N) is 1. The fourth-order valence-electron chi connectivity index (χ4n) is 2.62. The molecule has 1 aliphatic rings. The lowest BCUT2D eigenvalue weighted by molar-refractivity contribution is -0.0290.